The van der Waals surface area contributed by atoms with Gasteiger partial charge in [0.2, 0.25) is 17.2 Å². The summed E-state index contributed by atoms with van der Waals surface area (Å²) in [4.78, 5) is 17.5. The highest BCUT2D eigenvalue weighted by Gasteiger charge is 2.20. The molecule has 0 aromatic carbocycles. The zero-order valence-electron chi connectivity index (χ0n) is 11.9. The molecule has 1 aliphatic heterocycles. The van der Waals surface area contributed by atoms with Crippen molar-refractivity contribution in [2.75, 3.05) is 29.4 Å². The first-order valence-electron chi connectivity index (χ1n) is 7.05. The van der Waals surface area contributed by atoms with Crippen LogP contribution in [0.3, 0.4) is 0 Å². The van der Waals surface area contributed by atoms with E-state index in [4.69, 9.17) is 11.6 Å². The van der Waals surface area contributed by atoms with Gasteiger partial charge in [0.05, 0.1) is 0 Å². The smallest absolute Gasteiger partial charge is 0.231 e. The molecular weight excluding hydrogens is 262 g/mol. The maximum absolute atomic E-state index is 6.06. The number of rotatable bonds is 5. The summed E-state index contributed by atoms with van der Waals surface area (Å²) < 4.78 is 0. The predicted octanol–water partition coefficient (Wildman–Crippen LogP) is 2.75. The summed E-state index contributed by atoms with van der Waals surface area (Å²) in [6, 6.07) is 0.352. The standard InChI is InChI=1S/C13H22ClN5/c1-4-7-19(10(2)3)13-16-11(14)15-12(17-13)18-8-5-6-9-18/h10H,4-9H2,1-3H3. The number of aromatic nitrogens is 3. The second-order valence-corrected chi connectivity index (χ2v) is 5.52. The van der Waals surface area contributed by atoms with Crippen LogP contribution in [0.25, 0.3) is 0 Å². The SMILES string of the molecule is CCCN(c1nc(Cl)nc(N2CCCC2)n1)C(C)C. The van der Waals surface area contributed by atoms with E-state index in [0.29, 0.717) is 17.9 Å². The Kier molecular flexibility index (Phi) is 4.80. The van der Waals surface area contributed by atoms with Gasteiger partial charge in [0.1, 0.15) is 0 Å². The van der Waals surface area contributed by atoms with Crippen LogP contribution in [0.5, 0.6) is 0 Å². The first-order chi connectivity index (χ1) is 9.11. The van der Waals surface area contributed by atoms with Crippen LogP contribution in [0, 0.1) is 0 Å². The molecule has 1 aliphatic rings. The van der Waals surface area contributed by atoms with Gasteiger partial charge in [-0.15, -0.1) is 0 Å². The number of hydrogen-bond acceptors (Lipinski definition) is 5. The number of hydrogen-bond donors (Lipinski definition) is 0. The molecule has 19 heavy (non-hydrogen) atoms. The third-order valence-electron chi connectivity index (χ3n) is 3.32. The Balaban J connectivity index is 2.28. The first-order valence-corrected chi connectivity index (χ1v) is 7.42. The summed E-state index contributed by atoms with van der Waals surface area (Å²) in [7, 11) is 0. The molecule has 0 amide bonds. The Hall–Kier alpha value is -1.10. The average molecular weight is 284 g/mol. The van der Waals surface area contributed by atoms with Gasteiger partial charge in [0, 0.05) is 25.7 Å². The van der Waals surface area contributed by atoms with E-state index in [-0.39, 0.29) is 5.28 Å². The molecule has 0 saturated carbocycles. The van der Waals surface area contributed by atoms with Gasteiger partial charge in [-0.25, -0.2) is 0 Å². The fraction of sp³-hybridized carbons (Fsp3) is 0.769. The van der Waals surface area contributed by atoms with Crippen LogP contribution in [0.15, 0.2) is 0 Å². The van der Waals surface area contributed by atoms with Crippen LogP contribution in [-0.4, -0.2) is 40.6 Å². The summed E-state index contributed by atoms with van der Waals surface area (Å²) in [6.07, 6.45) is 3.45. The Morgan fingerprint density at radius 3 is 2.47 bits per heavy atom. The molecule has 2 heterocycles. The fourth-order valence-electron chi connectivity index (χ4n) is 2.35. The van der Waals surface area contributed by atoms with Crippen molar-refractivity contribution >= 4 is 23.5 Å². The number of anilines is 2. The highest BCUT2D eigenvalue weighted by molar-refractivity contribution is 6.28. The normalized spacial score (nSPS) is 15.3. The van der Waals surface area contributed by atoms with Crippen LogP contribution in [0.2, 0.25) is 5.28 Å². The van der Waals surface area contributed by atoms with Crippen molar-refractivity contribution in [2.45, 2.75) is 46.1 Å². The predicted molar refractivity (Wildman–Crippen MR) is 79.1 cm³/mol. The van der Waals surface area contributed by atoms with E-state index < -0.39 is 0 Å². The van der Waals surface area contributed by atoms with Gasteiger partial charge in [0.15, 0.2) is 0 Å². The van der Waals surface area contributed by atoms with Crippen molar-refractivity contribution < 1.29 is 0 Å². The summed E-state index contributed by atoms with van der Waals surface area (Å²) in [5.41, 5.74) is 0. The minimum absolute atomic E-state index is 0.286. The second-order valence-electron chi connectivity index (χ2n) is 5.19. The van der Waals surface area contributed by atoms with Crippen molar-refractivity contribution in [3.8, 4) is 0 Å². The molecular formula is C13H22ClN5. The maximum atomic E-state index is 6.06. The third-order valence-corrected chi connectivity index (χ3v) is 3.49. The van der Waals surface area contributed by atoms with Crippen molar-refractivity contribution in [2.24, 2.45) is 0 Å². The minimum atomic E-state index is 0.286. The van der Waals surface area contributed by atoms with E-state index in [1.807, 2.05) is 0 Å². The van der Waals surface area contributed by atoms with E-state index in [9.17, 15) is 0 Å². The molecule has 1 aromatic heterocycles. The second kappa shape index (κ2) is 6.37. The lowest BCUT2D eigenvalue weighted by atomic mass is 10.3. The van der Waals surface area contributed by atoms with Gasteiger partial charge in [-0.3, -0.25) is 0 Å². The average Bonchev–Trinajstić information content (AvgIpc) is 2.88. The molecule has 0 radical (unpaired) electrons. The zero-order chi connectivity index (χ0) is 13.8. The van der Waals surface area contributed by atoms with E-state index >= 15 is 0 Å². The van der Waals surface area contributed by atoms with Crippen LogP contribution >= 0.6 is 11.6 Å². The van der Waals surface area contributed by atoms with Crippen LogP contribution in [0.4, 0.5) is 11.9 Å². The highest BCUT2D eigenvalue weighted by atomic mass is 35.5. The molecule has 1 fully saturated rings. The summed E-state index contributed by atoms with van der Waals surface area (Å²) >= 11 is 6.06. The molecule has 5 nitrogen and oxygen atoms in total. The van der Waals surface area contributed by atoms with Crippen LogP contribution in [-0.2, 0) is 0 Å². The molecule has 0 unspecified atom stereocenters. The van der Waals surface area contributed by atoms with Crippen LogP contribution < -0.4 is 9.80 Å². The lowest BCUT2D eigenvalue weighted by molar-refractivity contribution is 0.648. The van der Waals surface area contributed by atoms with Gasteiger partial charge >= 0.3 is 0 Å². The minimum Gasteiger partial charge on any atom is -0.341 e. The number of nitrogens with zero attached hydrogens (tertiary/aromatic N) is 5. The van der Waals surface area contributed by atoms with Crippen molar-refractivity contribution in [3.05, 3.63) is 5.28 Å². The van der Waals surface area contributed by atoms with Crippen molar-refractivity contribution in [3.63, 3.8) is 0 Å². The Morgan fingerprint density at radius 2 is 1.89 bits per heavy atom. The van der Waals surface area contributed by atoms with Gasteiger partial charge in [-0.1, -0.05) is 6.92 Å². The summed E-state index contributed by atoms with van der Waals surface area (Å²) in [5, 5.41) is 0.286. The molecule has 6 heteroatoms. The van der Waals surface area contributed by atoms with Gasteiger partial charge < -0.3 is 9.80 Å². The largest absolute Gasteiger partial charge is 0.341 e. The van der Waals surface area contributed by atoms with E-state index in [2.05, 4.69) is 45.5 Å². The molecule has 1 saturated heterocycles. The van der Waals surface area contributed by atoms with Crippen molar-refractivity contribution in [1.82, 2.24) is 15.0 Å². The molecule has 0 N–H and O–H groups in total. The first kappa shape index (κ1) is 14.3. The van der Waals surface area contributed by atoms with Crippen molar-refractivity contribution in [1.29, 1.82) is 0 Å². The van der Waals surface area contributed by atoms with Gasteiger partial charge in [0.25, 0.3) is 0 Å². The summed E-state index contributed by atoms with van der Waals surface area (Å²) in [6.45, 7) is 9.38. The maximum Gasteiger partial charge on any atom is 0.231 e. The molecule has 0 atom stereocenters. The van der Waals surface area contributed by atoms with Gasteiger partial charge in [-0.2, -0.15) is 15.0 Å². The molecule has 0 spiro atoms. The molecule has 0 bridgehead atoms. The third kappa shape index (κ3) is 3.47. The van der Waals surface area contributed by atoms with Crippen LogP contribution in [0.1, 0.15) is 40.0 Å². The molecule has 1 aromatic rings. The summed E-state index contributed by atoms with van der Waals surface area (Å²) in [5.74, 6) is 1.41. The quantitative estimate of drug-likeness (QED) is 0.831. The Bertz CT molecular complexity index is 417. The fourth-order valence-corrected chi connectivity index (χ4v) is 2.50. The Labute approximate surface area is 120 Å². The van der Waals surface area contributed by atoms with E-state index in [1.165, 1.54) is 12.8 Å². The Morgan fingerprint density at radius 1 is 1.21 bits per heavy atom. The number of halogens is 1. The monoisotopic (exact) mass is 283 g/mol. The highest BCUT2D eigenvalue weighted by Crippen LogP contribution is 2.21. The molecule has 2 rings (SSSR count). The van der Waals surface area contributed by atoms with Gasteiger partial charge in [-0.05, 0) is 44.7 Å². The van der Waals surface area contributed by atoms with E-state index in [0.717, 1.165) is 26.1 Å². The molecule has 0 aliphatic carbocycles. The topological polar surface area (TPSA) is 45.2 Å². The lowest BCUT2D eigenvalue weighted by Gasteiger charge is -2.27. The zero-order valence-corrected chi connectivity index (χ0v) is 12.7. The molecule has 106 valence electrons. The lowest BCUT2D eigenvalue weighted by Crippen LogP contribution is -2.34. The van der Waals surface area contributed by atoms with E-state index in [1.54, 1.807) is 0 Å².